The summed E-state index contributed by atoms with van der Waals surface area (Å²) >= 11 is 0. The monoisotopic (exact) mass is 212 g/mol. The maximum atomic E-state index is 12.3. The van der Waals surface area contributed by atoms with Crippen molar-refractivity contribution in [2.75, 3.05) is 6.67 Å². The molecule has 0 aromatic carbocycles. The molecule has 3 unspecified atom stereocenters. The highest BCUT2D eigenvalue weighted by Gasteiger charge is 2.37. The van der Waals surface area contributed by atoms with E-state index in [1.807, 2.05) is 17.7 Å². The molecule has 2 rings (SSSR count). The van der Waals surface area contributed by atoms with Gasteiger partial charge in [-0.15, -0.1) is 0 Å². The first-order valence-electron chi connectivity index (χ1n) is 5.39. The summed E-state index contributed by atoms with van der Waals surface area (Å²) in [6, 6.07) is 0. The minimum atomic E-state index is -0.911. The molecular weight excluding hydrogens is 195 g/mol. The SMILES string of the molecule is Cc1ncc(C2CC2C)n1CC(O)CF. The van der Waals surface area contributed by atoms with Crippen LogP contribution in [0.3, 0.4) is 0 Å². The highest BCUT2D eigenvalue weighted by molar-refractivity contribution is 5.18. The number of aryl methyl sites for hydroxylation is 1. The van der Waals surface area contributed by atoms with Gasteiger partial charge in [0.05, 0.1) is 6.54 Å². The van der Waals surface area contributed by atoms with E-state index in [4.69, 9.17) is 0 Å². The van der Waals surface area contributed by atoms with Gasteiger partial charge in [0, 0.05) is 17.8 Å². The summed E-state index contributed by atoms with van der Waals surface area (Å²) < 4.78 is 14.2. The van der Waals surface area contributed by atoms with Crippen molar-refractivity contribution in [3.8, 4) is 0 Å². The molecule has 1 N–H and O–H groups in total. The molecule has 0 aliphatic heterocycles. The van der Waals surface area contributed by atoms with Crippen LogP contribution in [0.15, 0.2) is 6.20 Å². The molecule has 3 atom stereocenters. The molecule has 1 aromatic rings. The lowest BCUT2D eigenvalue weighted by Gasteiger charge is -2.12. The van der Waals surface area contributed by atoms with Gasteiger partial charge in [0.2, 0.25) is 0 Å². The Morgan fingerprint density at radius 3 is 2.93 bits per heavy atom. The lowest BCUT2D eigenvalue weighted by atomic mass is 10.2. The predicted octanol–water partition coefficient (Wildman–Crippen LogP) is 1.65. The van der Waals surface area contributed by atoms with E-state index in [1.54, 1.807) is 0 Å². The van der Waals surface area contributed by atoms with E-state index in [-0.39, 0.29) is 0 Å². The van der Waals surface area contributed by atoms with Crippen molar-refractivity contribution in [2.24, 2.45) is 5.92 Å². The van der Waals surface area contributed by atoms with Crippen LogP contribution >= 0.6 is 0 Å². The lowest BCUT2D eigenvalue weighted by Crippen LogP contribution is -2.20. The molecule has 1 heterocycles. The second-order valence-corrected chi connectivity index (χ2v) is 4.47. The molecule has 1 aromatic heterocycles. The molecule has 1 aliphatic carbocycles. The third kappa shape index (κ3) is 2.04. The van der Waals surface area contributed by atoms with E-state index in [0.29, 0.717) is 18.4 Å². The molecule has 1 saturated carbocycles. The van der Waals surface area contributed by atoms with Crippen molar-refractivity contribution >= 4 is 0 Å². The fourth-order valence-electron chi connectivity index (χ4n) is 2.01. The largest absolute Gasteiger partial charge is 0.389 e. The maximum Gasteiger partial charge on any atom is 0.117 e. The number of alkyl halides is 1. The van der Waals surface area contributed by atoms with Crippen molar-refractivity contribution in [2.45, 2.75) is 38.8 Å². The quantitative estimate of drug-likeness (QED) is 0.824. The smallest absolute Gasteiger partial charge is 0.117 e. The number of hydrogen-bond acceptors (Lipinski definition) is 2. The zero-order chi connectivity index (χ0) is 11.0. The average Bonchev–Trinajstić information content (AvgIpc) is 2.83. The minimum absolute atomic E-state index is 0.320. The van der Waals surface area contributed by atoms with E-state index in [1.165, 1.54) is 6.42 Å². The van der Waals surface area contributed by atoms with Crippen molar-refractivity contribution in [3.63, 3.8) is 0 Å². The number of aliphatic hydroxyl groups is 1. The van der Waals surface area contributed by atoms with Crippen LogP contribution in [0.25, 0.3) is 0 Å². The van der Waals surface area contributed by atoms with Gasteiger partial charge in [-0.2, -0.15) is 0 Å². The van der Waals surface area contributed by atoms with Crippen LogP contribution < -0.4 is 0 Å². The zero-order valence-corrected chi connectivity index (χ0v) is 9.15. The van der Waals surface area contributed by atoms with Gasteiger partial charge in [-0.25, -0.2) is 9.37 Å². The van der Waals surface area contributed by atoms with Gasteiger partial charge < -0.3 is 9.67 Å². The molecular formula is C11H17FN2O. The van der Waals surface area contributed by atoms with Gasteiger partial charge in [-0.05, 0) is 19.3 Å². The summed E-state index contributed by atoms with van der Waals surface area (Å²) in [7, 11) is 0. The Morgan fingerprint density at radius 2 is 2.40 bits per heavy atom. The fraction of sp³-hybridized carbons (Fsp3) is 0.727. The van der Waals surface area contributed by atoms with Gasteiger partial charge in [-0.1, -0.05) is 6.92 Å². The number of hydrogen-bond donors (Lipinski definition) is 1. The number of aliphatic hydroxyl groups excluding tert-OH is 1. The van der Waals surface area contributed by atoms with Gasteiger partial charge in [0.15, 0.2) is 0 Å². The molecule has 84 valence electrons. The second-order valence-electron chi connectivity index (χ2n) is 4.47. The summed E-state index contributed by atoms with van der Waals surface area (Å²) in [5, 5.41) is 9.32. The first-order chi connectivity index (χ1) is 7.13. The predicted molar refractivity (Wildman–Crippen MR) is 55.5 cm³/mol. The Hall–Kier alpha value is -0.900. The van der Waals surface area contributed by atoms with Crippen molar-refractivity contribution < 1.29 is 9.50 Å². The lowest BCUT2D eigenvalue weighted by molar-refractivity contribution is 0.120. The van der Waals surface area contributed by atoms with Gasteiger partial charge >= 0.3 is 0 Å². The Bertz CT molecular complexity index is 350. The van der Waals surface area contributed by atoms with Crippen LogP contribution in [0.5, 0.6) is 0 Å². The summed E-state index contributed by atoms with van der Waals surface area (Å²) in [6.07, 6.45) is 2.12. The van der Waals surface area contributed by atoms with E-state index in [2.05, 4.69) is 11.9 Å². The van der Waals surface area contributed by atoms with Gasteiger partial charge in [0.1, 0.15) is 18.6 Å². The third-order valence-electron chi connectivity index (χ3n) is 3.15. The molecule has 0 amide bonds. The number of aromatic nitrogens is 2. The molecule has 0 saturated heterocycles. The Balaban J connectivity index is 2.17. The summed E-state index contributed by atoms with van der Waals surface area (Å²) in [6.45, 7) is 3.71. The minimum Gasteiger partial charge on any atom is -0.389 e. The molecule has 1 fully saturated rings. The Kier molecular flexibility index (Phi) is 2.78. The van der Waals surface area contributed by atoms with Crippen LogP contribution in [0.1, 0.15) is 30.8 Å². The number of halogens is 1. The van der Waals surface area contributed by atoms with Crippen LogP contribution in [0, 0.1) is 12.8 Å². The molecule has 4 heteroatoms. The standard InChI is InChI=1S/C11H17FN2O/c1-7-3-10(7)11-5-13-8(2)14(11)6-9(15)4-12/h5,7,9-10,15H,3-4,6H2,1-2H3. The van der Waals surface area contributed by atoms with E-state index < -0.39 is 12.8 Å². The topological polar surface area (TPSA) is 38.0 Å². The zero-order valence-electron chi connectivity index (χ0n) is 9.15. The number of imidazole rings is 1. The van der Waals surface area contributed by atoms with E-state index in [0.717, 1.165) is 11.5 Å². The van der Waals surface area contributed by atoms with Crippen LogP contribution in [-0.2, 0) is 6.54 Å². The first-order valence-corrected chi connectivity index (χ1v) is 5.39. The van der Waals surface area contributed by atoms with Crippen molar-refractivity contribution in [1.29, 1.82) is 0 Å². The Morgan fingerprint density at radius 1 is 1.73 bits per heavy atom. The number of rotatable bonds is 4. The molecule has 15 heavy (non-hydrogen) atoms. The van der Waals surface area contributed by atoms with Crippen LogP contribution in [0.4, 0.5) is 4.39 Å². The highest BCUT2D eigenvalue weighted by atomic mass is 19.1. The average molecular weight is 212 g/mol. The van der Waals surface area contributed by atoms with Gasteiger partial charge in [0.25, 0.3) is 0 Å². The third-order valence-corrected chi connectivity index (χ3v) is 3.15. The van der Waals surface area contributed by atoms with Crippen LogP contribution in [-0.4, -0.2) is 27.4 Å². The molecule has 0 spiro atoms. The maximum absolute atomic E-state index is 12.3. The molecule has 0 radical (unpaired) electrons. The Labute approximate surface area is 88.9 Å². The van der Waals surface area contributed by atoms with Crippen molar-refractivity contribution in [1.82, 2.24) is 9.55 Å². The molecule has 3 nitrogen and oxygen atoms in total. The van der Waals surface area contributed by atoms with E-state index >= 15 is 0 Å². The van der Waals surface area contributed by atoms with Gasteiger partial charge in [-0.3, -0.25) is 0 Å². The van der Waals surface area contributed by atoms with Crippen molar-refractivity contribution in [3.05, 3.63) is 17.7 Å². The second kappa shape index (κ2) is 3.93. The normalized spacial score (nSPS) is 26.7. The summed E-state index contributed by atoms with van der Waals surface area (Å²) in [4.78, 5) is 4.23. The molecule has 0 bridgehead atoms. The van der Waals surface area contributed by atoms with E-state index in [9.17, 15) is 9.50 Å². The van der Waals surface area contributed by atoms with Crippen LogP contribution in [0.2, 0.25) is 0 Å². The summed E-state index contributed by atoms with van der Waals surface area (Å²) in [5.41, 5.74) is 1.15. The first kappa shape index (κ1) is 10.6. The fourth-order valence-corrected chi connectivity index (χ4v) is 2.01. The number of nitrogens with zero attached hydrogens (tertiary/aromatic N) is 2. The molecule has 1 aliphatic rings. The highest BCUT2D eigenvalue weighted by Crippen LogP contribution is 2.46. The summed E-state index contributed by atoms with van der Waals surface area (Å²) in [5.74, 6) is 2.11.